The molecule has 98 valence electrons. The fourth-order valence-electron chi connectivity index (χ4n) is 1.55. The Morgan fingerprint density at radius 1 is 1.16 bits per heavy atom. The van der Waals surface area contributed by atoms with Gasteiger partial charge >= 0.3 is 6.09 Å². The SMILES string of the molecule is CC(C)c1ccc(NC(=O)Oc2ccccc2)nc1. The zero-order valence-corrected chi connectivity index (χ0v) is 11.0. The van der Waals surface area contributed by atoms with Crippen molar-refractivity contribution in [3.8, 4) is 5.75 Å². The van der Waals surface area contributed by atoms with E-state index < -0.39 is 6.09 Å². The number of hydrogen-bond acceptors (Lipinski definition) is 3. The van der Waals surface area contributed by atoms with Gasteiger partial charge in [0.15, 0.2) is 0 Å². The van der Waals surface area contributed by atoms with Crippen LogP contribution in [-0.4, -0.2) is 11.1 Å². The summed E-state index contributed by atoms with van der Waals surface area (Å²) in [5.41, 5.74) is 1.13. The van der Waals surface area contributed by atoms with E-state index in [1.807, 2.05) is 12.1 Å². The highest BCUT2D eigenvalue weighted by atomic mass is 16.6. The van der Waals surface area contributed by atoms with Gasteiger partial charge in [0.2, 0.25) is 0 Å². The van der Waals surface area contributed by atoms with Crippen molar-refractivity contribution in [2.75, 3.05) is 5.32 Å². The summed E-state index contributed by atoms with van der Waals surface area (Å²) in [6.45, 7) is 4.18. The topological polar surface area (TPSA) is 51.2 Å². The number of carbonyl (C=O) groups excluding carboxylic acids is 1. The number of anilines is 1. The van der Waals surface area contributed by atoms with Crippen LogP contribution in [-0.2, 0) is 0 Å². The van der Waals surface area contributed by atoms with Crippen LogP contribution >= 0.6 is 0 Å². The van der Waals surface area contributed by atoms with E-state index >= 15 is 0 Å². The first kappa shape index (κ1) is 13.1. The number of pyridine rings is 1. The minimum atomic E-state index is -0.545. The summed E-state index contributed by atoms with van der Waals surface area (Å²) in [7, 11) is 0. The molecule has 19 heavy (non-hydrogen) atoms. The molecule has 0 aliphatic carbocycles. The van der Waals surface area contributed by atoms with E-state index in [0.29, 0.717) is 17.5 Å². The van der Waals surface area contributed by atoms with Crippen LogP contribution in [0.2, 0.25) is 0 Å². The third-order valence-electron chi connectivity index (χ3n) is 2.64. The molecule has 4 nitrogen and oxygen atoms in total. The number of benzene rings is 1. The predicted molar refractivity (Wildman–Crippen MR) is 74.4 cm³/mol. The van der Waals surface area contributed by atoms with Crippen LogP contribution in [0.4, 0.5) is 10.6 Å². The first-order chi connectivity index (χ1) is 9.15. The van der Waals surface area contributed by atoms with Gasteiger partial charge in [-0.2, -0.15) is 0 Å². The molecule has 0 radical (unpaired) electrons. The van der Waals surface area contributed by atoms with Crippen LogP contribution in [0, 0.1) is 0 Å². The quantitative estimate of drug-likeness (QED) is 0.908. The summed E-state index contributed by atoms with van der Waals surface area (Å²) in [5.74, 6) is 1.39. The van der Waals surface area contributed by atoms with Crippen molar-refractivity contribution in [1.29, 1.82) is 0 Å². The van der Waals surface area contributed by atoms with E-state index in [1.54, 1.807) is 36.5 Å². The maximum Gasteiger partial charge on any atom is 0.418 e. The summed E-state index contributed by atoms with van der Waals surface area (Å²) in [6.07, 6.45) is 1.21. The molecule has 2 aromatic rings. The van der Waals surface area contributed by atoms with E-state index in [4.69, 9.17) is 4.74 Å². The molecule has 0 spiro atoms. The molecule has 1 N–H and O–H groups in total. The van der Waals surface area contributed by atoms with Crippen molar-refractivity contribution in [3.05, 3.63) is 54.2 Å². The van der Waals surface area contributed by atoms with Crippen molar-refractivity contribution >= 4 is 11.9 Å². The fraction of sp³-hybridized carbons (Fsp3) is 0.200. The molecule has 1 amide bonds. The molecule has 0 fully saturated rings. The Morgan fingerprint density at radius 3 is 2.47 bits per heavy atom. The number of rotatable bonds is 3. The van der Waals surface area contributed by atoms with Gasteiger partial charge in [0.1, 0.15) is 11.6 Å². The molecule has 1 heterocycles. The zero-order chi connectivity index (χ0) is 13.7. The summed E-state index contributed by atoms with van der Waals surface area (Å²) in [5, 5.41) is 2.58. The van der Waals surface area contributed by atoms with Gasteiger partial charge < -0.3 is 4.74 Å². The van der Waals surface area contributed by atoms with Crippen LogP contribution in [0.25, 0.3) is 0 Å². The maximum atomic E-state index is 11.6. The third kappa shape index (κ3) is 3.81. The van der Waals surface area contributed by atoms with Crippen LogP contribution < -0.4 is 10.1 Å². The number of nitrogens with one attached hydrogen (secondary N) is 1. The maximum absolute atomic E-state index is 11.6. The Balaban J connectivity index is 1.95. The summed E-state index contributed by atoms with van der Waals surface area (Å²) >= 11 is 0. The zero-order valence-electron chi connectivity index (χ0n) is 11.0. The smallest absolute Gasteiger partial charge is 0.410 e. The van der Waals surface area contributed by atoms with Gasteiger partial charge in [0, 0.05) is 6.20 Å². The first-order valence-corrected chi connectivity index (χ1v) is 6.15. The molecule has 1 aromatic heterocycles. The normalized spacial score (nSPS) is 10.3. The standard InChI is InChI=1S/C15H16N2O2/c1-11(2)12-8-9-14(16-10-12)17-15(18)19-13-6-4-3-5-7-13/h3-11H,1-2H3,(H,16,17,18). The summed E-state index contributed by atoms with van der Waals surface area (Å²) < 4.78 is 5.11. The molecule has 0 bridgehead atoms. The second-order valence-electron chi connectivity index (χ2n) is 4.46. The fourth-order valence-corrected chi connectivity index (χ4v) is 1.55. The molecule has 2 rings (SSSR count). The Labute approximate surface area is 112 Å². The van der Waals surface area contributed by atoms with Gasteiger partial charge in [-0.1, -0.05) is 38.1 Å². The van der Waals surface area contributed by atoms with Gasteiger partial charge in [-0.15, -0.1) is 0 Å². The highest BCUT2D eigenvalue weighted by Gasteiger charge is 2.06. The Kier molecular flexibility index (Phi) is 4.13. The van der Waals surface area contributed by atoms with Gasteiger partial charge in [-0.25, -0.2) is 9.78 Å². The van der Waals surface area contributed by atoms with E-state index in [-0.39, 0.29) is 0 Å². The number of aromatic nitrogens is 1. The van der Waals surface area contributed by atoms with Crippen molar-refractivity contribution in [2.45, 2.75) is 19.8 Å². The van der Waals surface area contributed by atoms with E-state index in [2.05, 4.69) is 24.1 Å². The van der Waals surface area contributed by atoms with E-state index in [9.17, 15) is 4.79 Å². The molecule has 4 heteroatoms. The second kappa shape index (κ2) is 6.00. The van der Waals surface area contributed by atoms with Crippen LogP contribution in [0.15, 0.2) is 48.7 Å². The molecule has 0 unspecified atom stereocenters. The van der Waals surface area contributed by atoms with Crippen LogP contribution in [0.1, 0.15) is 25.3 Å². The van der Waals surface area contributed by atoms with Gasteiger partial charge in [0.25, 0.3) is 0 Å². The number of ether oxygens (including phenoxy) is 1. The minimum absolute atomic E-state index is 0.415. The molecule has 0 aliphatic rings. The lowest BCUT2D eigenvalue weighted by Gasteiger charge is -2.08. The lowest BCUT2D eigenvalue weighted by Crippen LogP contribution is -2.17. The largest absolute Gasteiger partial charge is 0.418 e. The van der Waals surface area contributed by atoms with E-state index in [1.165, 1.54) is 0 Å². The minimum Gasteiger partial charge on any atom is -0.410 e. The monoisotopic (exact) mass is 256 g/mol. The molecular weight excluding hydrogens is 240 g/mol. The Morgan fingerprint density at radius 2 is 1.89 bits per heavy atom. The lowest BCUT2D eigenvalue weighted by atomic mass is 10.1. The van der Waals surface area contributed by atoms with Gasteiger partial charge in [-0.3, -0.25) is 5.32 Å². The number of amides is 1. The lowest BCUT2D eigenvalue weighted by molar-refractivity contribution is 0.215. The predicted octanol–water partition coefficient (Wildman–Crippen LogP) is 3.82. The highest BCUT2D eigenvalue weighted by molar-refractivity contribution is 5.85. The average molecular weight is 256 g/mol. The van der Waals surface area contributed by atoms with Crippen LogP contribution in [0.3, 0.4) is 0 Å². The number of nitrogens with zero attached hydrogens (tertiary/aromatic N) is 1. The second-order valence-corrected chi connectivity index (χ2v) is 4.46. The molecule has 0 atom stereocenters. The van der Waals surface area contributed by atoms with Gasteiger partial charge in [-0.05, 0) is 29.7 Å². The number of carbonyl (C=O) groups is 1. The Hall–Kier alpha value is -2.36. The first-order valence-electron chi connectivity index (χ1n) is 6.15. The summed E-state index contributed by atoms with van der Waals surface area (Å²) in [6, 6.07) is 12.6. The molecule has 1 aromatic carbocycles. The number of para-hydroxylation sites is 1. The molecule has 0 aliphatic heterocycles. The molecule has 0 saturated heterocycles. The molecular formula is C15H16N2O2. The van der Waals surface area contributed by atoms with Crippen molar-refractivity contribution < 1.29 is 9.53 Å². The van der Waals surface area contributed by atoms with Crippen LogP contribution in [0.5, 0.6) is 5.75 Å². The van der Waals surface area contributed by atoms with E-state index in [0.717, 1.165) is 5.56 Å². The van der Waals surface area contributed by atoms with Gasteiger partial charge in [0.05, 0.1) is 0 Å². The molecule has 0 saturated carbocycles. The average Bonchev–Trinajstić information content (AvgIpc) is 2.40. The van der Waals surface area contributed by atoms with Crippen molar-refractivity contribution in [1.82, 2.24) is 4.98 Å². The summed E-state index contributed by atoms with van der Waals surface area (Å²) in [4.78, 5) is 15.8. The third-order valence-corrected chi connectivity index (χ3v) is 2.64. The van der Waals surface area contributed by atoms with Crippen molar-refractivity contribution in [2.24, 2.45) is 0 Å². The number of hydrogen-bond donors (Lipinski definition) is 1. The Bertz CT molecular complexity index is 536. The highest BCUT2D eigenvalue weighted by Crippen LogP contribution is 2.15. The van der Waals surface area contributed by atoms with Crippen molar-refractivity contribution in [3.63, 3.8) is 0 Å².